The van der Waals surface area contributed by atoms with Crippen LogP contribution in [0.4, 0.5) is 17.6 Å². The van der Waals surface area contributed by atoms with E-state index in [2.05, 4.69) is 9.47 Å². The van der Waals surface area contributed by atoms with Gasteiger partial charge in [0.2, 0.25) is 0 Å². The number of ketones is 1. The summed E-state index contributed by atoms with van der Waals surface area (Å²) in [4.78, 5) is 12.2. The van der Waals surface area contributed by atoms with Crippen molar-refractivity contribution in [2.24, 2.45) is 0 Å². The number of hydrogen-bond acceptors (Lipinski definition) is 3. The molecule has 0 atom stereocenters. The molecule has 0 heterocycles. The number of carbonyl (C=O) groups is 1. The van der Waals surface area contributed by atoms with Crippen LogP contribution in [0.25, 0.3) is 6.08 Å². The molecule has 3 nitrogen and oxygen atoms in total. The highest BCUT2D eigenvalue weighted by molar-refractivity contribution is 6.42. The van der Waals surface area contributed by atoms with Crippen molar-refractivity contribution >= 4 is 35.1 Å². The van der Waals surface area contributed by atoms with Gasteiger partial charge in [0.05, 0.1) is 15.6 Å². The Morgan fingerprint density at radius 3 is 2.23 bits per heavy atom. The minimum atomic E-state index is -3.25. The fourth-order valence-corrected chi connectivity index (χ4v) is 2.26. The maximum absolute atomic E-state index is 12.5. The van der Waals surface area contributed by atoms with Crippen LogP contribution in [0.3, 0.4) is 0 Å². The van der Waals surface area contributed by atoms with Crippen molar-refractivity contribution in [2.45, 2.75) is 13.2 Å². The summed E-state index contributed by atoms with van der Waals surface area (Å²) in [6.45, 7) is -6.40. The van der Waals surface area contributed by atoms with Crippen molar-refractivity contribution in [1.82, 2.24) is 0 Å². The zero-order valence-corrected chi connectivity index (χ0v) is 14.3. The zero-order valence-electron chi connectivity index (χ0n) is 12.8. The highest BCUT2D eigenvalue weighted by atomic mass is 35.5. The average Bonchev–Trinajstić information content (AvgIpc) is 2.55. The van der Waals surface area contributed by atoms with Gasteiger partial charge in [0.15, 0.2) is 5.78 Å². The quantitative estimate of drug-likeness (QED) is 0.315. The third-order valence-corrected chi connectivity index (χ3v) is 3.77. The smallest absolute Gasteiger partial charge is 0.387 e. The van der Waals surface area contributed by atoms with E-state index in [0.29, 0.717) is 10.6 Å². The second kappa shape index (κ2) is 8.91. The Hall–Kier alpha value is -2.25. The molecule has 0 aliphatic heterocycles. The van der Waals surface area contributed by atoms with Crippen molar-refractivity contribution in [3.05, 3.63) is 63.6 Å². The van der Waals surface area contributed by atoms with Crippen molar-refractivity contribution in [2.75, 3.05) is 0 Å². The third kappa shape index (κ3) is 5.64. The predicted molar refractivity (Wildman–Crippen MR) is 89.5 cm³/mol. The molecule has 0 aliphatic carbocycles. The molecule has 2 aromatic carbocycles. The van der Waals surface area contributed by atoms with E-state index in [-0.39, 0.29) is 10.6 Å². The molecule has 0 bridgehead atoms. The number of alkyl halides is 4. The molecule has 2 aromatic rings. The summed E-state index contributed by atoms with van der Waals surface area (Å²) in [5.41, 5.74) is 0.296. The zero-order chi connectivity index (χ0) is 19.3. The van der Waals surface area contributed by atoms with Gasteiger partial charge in [-0.3, -0.25) is 4.79 Å². The number of ether oxygens (including phenoxy) is 2. The molecule has 9 heteroatoms. The first kappa shape index (κ1) is 20.1. The molecule has 26 heavy (non-hydrogen) atoms. The molecule has 0 unspecified atom stereocenters. The van der Waals surface area contributed by atoms with Crippen LogP contribution in [0.2, 0.25) is 10.0 Å². The molecule has 0 saturated heterocycles. The van der Waals surface area contributed by atoms with E-state index in [9.17, 15) is 22.4 Å². The molecule has 0 radical (unpaired) electrons. The second-order valence-electron chi connectivity index (χ2n) is 4.79. The van der Waals surface area contributed by atoms with E-state index in [4.69, 9.17) is 23.2 Å². The minimum absolute atomic E-state index is 0.247. The monoisotopic (exact) mass is 408 g/mol. The molecule has 0 N–H and O–H groups in total. The SMILES string of the molecule is O=C(/C=C/c1ccc(Cl)c(Cl)c1)c1ccc(OC(F)F)cc1OC(F)F. The predicted octanol–water partition coefficient (Wildman–Crippen LogP) is 6.09. The summed E-state index contributed by atoms with van der Waals surface area (Å²) < 4.78 is 57.8. The Labute approximate surface area is 155 Å². The summed E-state index contributed by atoms with van der Waals surface area (Å²) in [6, 6.07) is 7.51. The number of carbonyl (C=O) groups excluding carboxylic acids is 1. The van der Waals surface area contributed by atoms with Crippen LogP contribution in [0, 0.1) is 0 Å². The van der Waals surface area contributed by atoms with Crippen LogP contribution in [-0.2, 0) is 0 Å². The first-order valence-corrected chi connectivity index (χ1v) is 7.73. The van der Waals surface area contributed by atoms with E-state index in [1.165, 1.54) is 18.2 Å². The van der Waals surface area contributed by atoms with Gasteiger partial charge in [0, 0.05) is 6.07 Å². The van der Waals surface area contributed by atoms with E-state index in [1.807, 2.05) is 0 Å². The second-order valence-corrected chi connectivity index (χ2v) is 5.60. The van der Waals surface area contributed by atoms with Gasteiger partial charge in [-0.1, -0.05) is 35.3 Å². The van der Waals surface area contributed by atoms with Crippen molar-refractivity contribution in [3.63, 3.8) is 0 Å². The Morgan fingerprint density at radius 1 is 0.923 bits per heavy atom. The summed E-state index contributed by atoms with van der Waals surface area (Å²) in [6.07, 6.45) is 2.49. The van der Waals surface area contributed by atoms with Crippen molar-refractivity contribution in [1.29, 1.82) is 0 Å². The van der Waals surface area contributed by atoms with Crippen LogP contribution in [0.5, 0.6) is 11.5 Å². The first-order valence-electron chi connectivity index (χ1n) is 6.97. The fraction of sp³-hybridized carbons (Fsp3) is 0.118. The van der Waals surface area contributed by atoms with Crippen LogP contribution in [0.15, 0.2) is 42.5 Å². The van der Waals surface area contributed by atoms with E-state index in [1.54, 1.807) is 6.07 Å². The van der Waals surface area contributed by atoms with Crippen LogP contribution in [0.1, 0.15) is 15.9 Å². The van der Waals surface area contributed by atoms with Crippen LogP contribution in [-0.4, -0.2) is 19.0 Å². The molecule has 0 fully saturated rings. The van der Waals surface area contributed by atoms with E-state index >= 15 is 0 Å². The summed E-state index contributed by atoms with van der Waals surface area (Å²) in [7, 11) is 0. The molecule has 0 amide bonds. The van der Waals surface area contributed by atoms with Crippen LogP contribution >= 0.6 is 23.2 Å². The molecular weight excluding hydrogens is 399 g/mol. The fourth-order valence-electron chi connectivity index (χ4n) is 1.95. The average molecular weight is 409 g/mol. The van der Waals surface area contributed by atoms with E-state index in [0.717, 1.165) is 24.3 Å². The van der Waals surface area contributed by atoms with Gasteiger partial charge in [0.1, 0.15) is 11.5 Å². The summed E-state index contributed by atoms with van der Waals surface area (Å²) in [5, 5.41) is 0.605. The molecule has 2 rings (SSSR count). The lowest BCUT2D eigenvalue weighted by Gasteiger charge is -2.11. The Bertz CT molecular complexity index is 826. The largest absolute Gasteiger partial charge is 0.435 e. The topological polar surface area (TPSA) is 35.5 Å². The Kier molecular flexibility index (Phi) is 6.88. The van der Waals surface area contributed by atoms with Gasteiger partial charge in [-0.25, -0.2) is 0 Å². The van der Waals surface area contributed by atoms with Crippen molar-refractivity contribution < 1.29 is 31.8 Å². The molecule has 138 valence electrons. The lowest BCUT2D eigenvalue weighted by Crippen LogP contribution is -2.08. The molecule has 0 saturated carbocycles. The Balaban J connectivity index is 2.28. The van der Waals surface area contributed by atoms with Crippen molar-refractivity contribution in [3.8, 4) is 11.5 Å². The maximum Gasteiger partial charge on any atom is 0.387 e. The van der Waals surface area contributed by atoms with Gasteiger partial charge in [-0.05, 0) is 35.9 Å². The molecule has 0 aliphatic rings. The standard InChI is InChI=1S/C17H10Cl2F4O3/c18-12-5-1-9(7-13(12)19)2-6-14(24)11-4-3-10(25-16(20)21)8-15(11)26-17(22)23/h1-8,16-17H/b6-2+. The van der Waals surface area contributed by atoms with Gasteiger partial charge in [-0.2, -0.15) is 17.6 Å². The third-order valence-electron chi connectivity index (χ3n) is 3.03. The Morgan fingerprint density at radius 2 is 1.62 bits per heavy atom. The molecule has 0 aromatic heterocycles. The summed E-state index contributed by atoms with van der Waals surface area (Å²) in [5.74, 6) is -1.68. The normalized spacial score (nSPS) is 11.4. The first-order chi connectivity index (χ1) is 12.3. The lowest BCUT2D eigenvalue weighted by molar-refractivity contribution is -0.0544. The highest BCUT2D eigenvalue weighted by Gasteiger charge is 2.17. The maximum atomic E-state index is 12.5. The lowest BCUT2D eigenvalue weighted by atomic mass is 10.1. The number of allylic oxidation sites excluding steroid dienone is 1. The van der Waals surface area contributed by atoms with Gasteiger partial charge in [0.25, 0.3) is 0 Å². The van der Waals surface area contributed by atoms with E-state index < -0.39 is 30.5 Å². The highest BCUT2D eigenvalue weighted by Crippen LogP contribution is 2.29. The number of rotatable bonds is 7. The number of benzene rings is 2. The van der Waals surface area contributed by atoms with Gasteiger partial charge < -0.3 is 9.47 Å². The summed E-state index contributed by atoms with van der Waals surface area (Å²) >= 11 is 11.6. The number of hydrogen-bond donors (Lipinski definition) is 0. The molecule has 0 spiro atoms. The van der Waals surface area contributed by atoms with Crippen LogP contribution < -0.4 is 9.47 Å². The minimum Gasteiger partial charge on any atom is -0.435 e. The number of halogens is 6. The van der Waals surface area contributed by atoms with Gasteiger partial charge >= 0.3 is 13.2 Å². The van der Waals surface area contributed by atoms with Gasteiger partial charge in [-0.15, -0.1) is 0 Å². The molecular formula is C17H10Cl2F4O3.